The van der Waals surface area contributed by atoms with Crippen LogP contribution in [0.5, 0.6) is 0 Å². The predicted molar refractivity (Wildman–Crippen MR) is 117 cm³/mol. The third-order valence-corrected chi connectivity index (χ3v) is 7.03. The van der Waals surface area contributed by atoms with Crippen molar-refractivity contribution >= 4 is 61.9 Å². The molecule has 150 valence electrons. The Morgan fingerprint density at radius 3 is 2.46 bits per heavy atom. The van der Waals surface area contributed by atoms with Gasteiger partial charge in [-0.3, -0.25) is 0 Å². The quantitative estimate of drug-likeness (QED) is 0.669. The van der Waals surface area contributed by atoms with E-state index < -0.39 is 10.0 Å². The van der Waals surface area contributed by atoms with E-state index in [0.29, 0.717) is 47.7 Å². The summed E-state index contributed by atoms with van der Waals surface area (Å²) in [5.41, 5.74) is 1.87. The number of aryl methyl sites for hydroxylation is 1. The molecule has 0 bridgehead atoms. The van der Waals surface area contributed by atoms with Crippen LogP contribution < -0.4 is 10.6 Å². The summed E-state index contributed by atoms with van der Waals surface area (Å²) in [4.78, 5) is 0.174. The zero-order chi connectivity index (χ0) is 20.3. The summed E-state index contributed by atoms with van der Waals surface area (Å²) in [6, 6.07) is 10.2. The summed E-state index contributed by atoms with van der Waals surface area (Å²) in [7, 11) is -3.68. The van der Waals surface area contributed by atoms with Crippen LogP contribution in [0.1, 0.15) is 5.56 Å². The van der Waals surface area contributed by atoms with Gasteiger partial charge in [-0.05, 0) is 55.0 Å². The lowest BCUT2D eigenvalue weighted by Gasteiger charge is -2.27. The molecule has 0 radical (unpaired) electrons. The van der Waals surface area contributed by atoms with Crippen molar-refractivity contribution in [1.82, 2.24) is 4.31 Å². The Bertz CT molecular complexity index is 994. The van der Waals surface area contributed by atoms with E-state index in [0.717, 1.165) is 5.56 Å². The van der Waals surface area contributed by atoms with Crippen LogP contribution in [0.3, 0.4) is 0 Å². The maximum absolute atomic E-state index is 13.1. The zero-order valence-electron chi connectivity index (χ0n) is 15.0. The third kappa shape index (κ3) is 4.94. The van der Waals surface area contributed by atoms with E-state index in [4.69, 9.17) is 40.2 Å². The molecule has 2 N–H and O–H groups in total. The molecule has 0 unspecified atom stereocenters. The van der Waals surface area contributed by atoms with Crippen molar-refractivity contribution in [2.75, 3.05) is 36.9 Å². The van der Waals surface area contributed by atoms with Crippen molar-refractivity contribution < 1.29 is 13.2 Å². The van der Waals surface area contributed by atoms with E-state index in [1.807, 2.05) is 13.0 Å². The highest BCUT2D eigenvalue weighted by atomic mass is 35.5. The number of morpholine rings is 1. The van der Waals surface area contributed by atoms with Gasteiger partial charge in [0.05, 0.1) is 28.9 Å². The molecule has 28 heavy (non-hydrogen) atoms. The molecule has 1 aliphatic rings. The standard InChI is InChI=1S/C18H19Cl2N3O3S2/c1-12-2-5-16(17(10-12)28(24,25)23-6-8-26-9-7-23)22-18(27)21-13-3-4-14(19)15(20)11-13/h2-5,10-11H,6-9H2,1H3,(H2,21,22,27). The van der Waals surface area contributed by atoms with Crippen LogP contribution in [0.2, 0.25) is 10.0 Å². The predicted octanol–water partition coefficient (Wildman–Crippen LogP) is 4.13. The van der Waals surface area contributed by atoms with Crippen molar-refractivity contribution in [2.24, 2.45) is 0 Å². The fraction of sp³-hybridized carbons (Fsp3) is 0.278. The minimum absolute atomic E-state index is 0.174. The van der Waals surface area contributed by atoms with E-state index in [1.54, 1.807) is 30.3 Å². The first kappa shape index (κ1) is 21.3. The maximum Gasteiger partial charge on any atom is 0.245 e. The smallest absolute Gasteiger partial charge is 0.245 e. The van der Waals surface area contributed by atoms with Crippen LogP contribution in [0.15, 0.2) is 41.3 Å². The van der Waals surface area contributed by atoms with Gasteiger partial charge in [0.2, 0.25) is 10.0 Å². The van der Waals surface area contributed by atoms with E-state index in [9.17, 15) is 8.42 Å². The molecule has 10 heteroatoms. The first-order chi connectivity index (χ1) is 13.3. The Balaban J connectivity index is 1.83. The summed E-state index contributed by atoms with van der Waals surface area (Å²) in [6.45, 7) is 3.24. The number of nitrogens with one attached hydrogen (secondary N) is 2. The molecule has 0 spiro atoms. The Labute approximate surface area is 179 Å². The molecule has 0 aliphatic carbocycles. The van der Waals surface area contributed by atoms with E-state index in [-0.39, 0.29) is 10.0 Å². The number of rotatable bonds is 4. The molecule has 6 nitrogen and oxygen atoms in total. The summed E-state index contributed by atoms with van der Waals surface area (Å²) in [6.07, 6.45) is 0. The fourth-order valence-electron chi connectivity index (χ4n) is 2.73. The van der Waals surface area contributed by atoms with Gasteiger partial charge in [0.15, 0.2) is 5.11 Å². The number of benzene rings is 2. The highest BCUT2D eigenvalue weighted by Crippen LogP contribution is 2.28. The monoisotopic (exact) mass is 459 g/mol. The molecule has 3 rings (SSSR count). The molecule has 2 aromatic carbocycles. The molecule has 1 heterocycles. The number of sulfonamides is 1. The Kier molecular flexibility index (Phi) is 6.80. The van der Waals surface area contributed by atoms with Crippen molar-refractivity contribution in [1.29, 1.82) is 0 Å². The Morgan fingerprint density at radius 1 is 1.07 bits per heavy atom. The molecule has 0 saturated carbocycles. The Morgan fingerprint density at radius 2 is 1.79 bits per heavy atom. The number of anilines is 2. The summed E-state index contributed by atoms with van der Waals surface area (Å²) in [5.74, 6) is 0. The third-order valence-electron chi connectivity index (χ3n) is 4.15. The van der Waals surface area contributed by atoms with Gasteiger partial charge < -0.3 is 15.4 Å². The van der Waals surface area contributed by atoms with E-state index in [2.05, 4.69) is 10.6 Å². The minimum Gasteiger partial charge on any atom is -0.379 e. The van der Waals surface area contributed by atoms with E-state index in [1.165, 1.54) is 4.31 Å². The second kappa shape index (κ2) is 8.94. The van der Waals surface area contributed by atoms with Crippen LogP contribution in [-0.2, 0) is 14.8 Å². The van der Waals surface area contributed by atoms with Gasteiger partial charge >= 0.3 is 0 Å². The molecule has 2 aromatic rings. The van der Waals surface area contributed by atoms with Crippen molar-refractivity contribution in [2.45, 2.75) is 11.8 Å². The topological polar surface area (TPSA) is 70.7 Å². The molecule has 0 aromatic heterocycles. The first-order valence-electron chi connectivity index (χ1n) is 8.49. The number of nitrogens with zero attached hydrogens (tertiary/aromatic N) is 1. The van der Waals surface area contributed by atoms with Crippen molar-refractivity contribution in [3.05, 3.63) is 52.0 Å². The fourth-order valence-corrected chi connectivity index (χ4v) is 4.90. The second-order valence-electron chi connectivity index (χ2n) is 6.22. The maximum atomic E-state index is 13.1. The molecule has 1 fully saturated rings. The number of thiocarbonyl (C=S) groups is 1. The van der Waals surface area contributed by atoms with Gasteiger partial charge in [-0.2, -0.15) is 4.31 Å². The van der Waals surface area contributed by atoms with Gasteiger partial charge in [-0.15, -0.1) is 0 Å². The SMILES string of the molecule is Cc1ccc(NC(=S)Nc2ccc(Cl)c(Cl)c2)c(S(=O)(=O)N2CCOCC2)c1. The van der Waals surface area contributed by atoms with Gasteiger partial charge in [-0.1, -0.05) is 29.3 Å². The number of ether oxygens (including phenoxy) is 1. The average Bonchev–Trinajstić information content (AvgIpc) is 2.67. The van der Waals surface area contributed by atoms with Gasteiger partial charge in [0.25, 0.3) is 0 Å². The van der Waals surface area contributed by atoms with Crippen LogP contribution >= 0.6 is 35.4 Å². The lowest BCUT2D eigenvalue weighted by molar-refractivity contribution is 0.0730. The van der Waals surface area contributed by atoms with Crippen LogP contribution in [0.25, 0.3) is 0 Å². The molecule has 1 aliphatic heterocycles. The highest BCUT2D eigenvalue weighted by Gasteiger charge is 2.29. The zero-order valence-corrected chi connectivity index (χ0v) is 18.2. The highest BCUT2D eigenvalue weighted by molar-refractivity contribution is 7.89. The summed E-state index contributed by atoms with van der Waals surface area (Å²) in [5, 5.41) is 7.01. The first-order valence-corrected chi connectivity index (χ1v) is 11.1. The van der Waals surface area contributed by atoms with Crippen LogP contribution in [0, 0.1) is 6.92 Å². The average molecular weight is 460 g/mol. The second-order valence-corrected chi connectivity index (χ2v) is 9.35. The van der Waals surface area contributed by atoms with E-state index >= 15 is 0 Å². The minimum atomic E-state index is -3.68. The molecular weight excluding hydrogens is 441 g/mol. The summed E-state index contributed by atoms with van der Waals surface area (Å²) >= 11 is 17.3. The van der Waals surface area contributed by atoms with Gasteiger partial charge in [0.1, 0.15) is 4.90 Å². The van der Waals surface area contributed by atoms with Crippen LogP contribution in [-0.4, -0.2) is 44.1 Å². The molecular formula is C18H19Cl2N3O3S2. The lowest BCUT2D eigenvalue weighted by Crippen LogP contribution is -2.41. The number of halogens is 2. The Hall–Kier alpha value is -1.42. The molecule has 0 atom stereocenters. The normalized spacial score (nSPS) is 15.2. The number of hydrogen-bond donors (Lipinski definition) is 2. The summed E-state index contributed by atoms with van der Waals surface area (Å²) < 4.78 is 32.9. The van der Waals surface area contributed by atoms with Crippen molar-refractivity contribution in [3.8, 4) is 0 Å². The van der Waals surface area contributed by atoms with Crippen LogP contribution in [0.4, 0.5) is 11.4 Å². The van der Waals surface area contributed by atoms with Gasteiger partial charge in [0, 0.05) is 18.8 Å². The molecule has 0 amide bonds. The van der Waals surface area contributed by atoms with Gasteiger partial charge in [-0.25, -0.2) is 8.42 Å². The number of hydrogen-bond acceptors (Lipinski definition) is 4. The lowest BCUT2D eigenvalue weighted by atomic mass is 10.2. The molecule has 1 saturated heterocycles. The van der Waals surface area contributed by atoms with Crippen molar-refractivity contribution in [3.63, 3.8) is 0 Å². The largest absolute Gasteiger partial charge is 0.379 e.